The average Bonchev–Trinajstić information content (AvgIpc) is 3.36. The molecule has 3 aromatic heterocycles. The Morgan fingerprint density at radius 2 is 1.21 bits per heavy atom. The lowest BCUT2D eigenvalue weighted by atomic mass is 9.63. The minimum atomic E-state index is 0.0580. The Bertz CT molecular complexity index is 3070. The Balaban J connectivity index is 0.970. The molecular weight excluding hydrogens is 763 g/mol. The summed E-state index contributed by atoms with van der Waals surface area (Å²) in [4.78, 5) is 14.8. The van der Waals surface area contributed by atoms with E-state index in [0.717, 1.165) is 51.9 Å². The van der Waals surface area contributed by atoms with Gasteiger partial charge in [-0.25, -0.2) is 9.97 Å². The molecule has 0 saturated heterocycles. The van der Waals surface area contributed by atoms with E-state index >= 15 is 0 Å². The molecule has 0 radical (unpaired) electrons. The summed E-state index contributed by atoms with van der Waals surface area (Å²) >= 11 is 0. The molecule has 1 saturated carbocycles. The molecule has 3 heteroatoms. The Labute approximate surface area is 371 Å². The van der Waals surface area contributed by atoms with Gasteiger partial charge >= 0.3 is 0 Å². The van der Waals surface area contributed by atoms with Crippen molar-refractivity contribution in [1.82, 2.24) is 15.0 Å². The number of hydrogen-bond donors (Lipinski definition) is 0. The second-order valence-electron chi connectivity index (χ2n) is 17.0. The highest BCUT2D eigenvalue weighted by Gasteiger charge is 2.37. The molecule has 1 fully saturated rings. The largest absolute Gasteiger partial charge is 0.255 e. The van der Waals surface area contributed by atoms with Gasteiger partial charge in [0.25, 0.3) is 0 Å². The summed E-state index contributed by atoms with van der Waals surface area (Å²) in [7, 11) is 0. The van der Waals surface area contributed by atoms with E-state index in [2.05, 4.69) is 157 Å². The molecule has 306 valence electrons. The first-order chi connectivity index (χ1) is 31.1. The van der Waals surface area contributed by atoms with Gasteiger partial charge in [0.1, 0.15) is 0 Å². The van der Waals surface area contributed by atoms with Crippen molar-refractivity contribution >= 4 is 33.0 Å². The summed E-state index contributed by atoms with van der Waals surface area (Å²) < 4.78 is 0. The van der Waals surface area contributed by atoms with E-state index in [0.29, 0.717) is 0 Å². The van der Waals surface area contributed by atoms with Crippen molar-refractivity contribution in [2.75, 3.05) is 0 Å². The highest BCUT2D eigenvalue weighted by molar-refractivity contribution is 6.00. The molecule has 0 bridgehead atoms. The molecular formula is C60H51N3. The van der Waals surface area contributed by atoms with E-state index in [9.17, 15) is 0 Å². The normalized spacial score (nSPS) is 15.2. The highest BCUT2D eigenvalue weighted by atomic mass is 14.8. The predicted octanol–water partition coefficient (Wildman–Crippen LogP) is 16.0. The third kappa shape index (κ3) is 8.04. The van der Waals surface area contributed by atoms with Crippen molar-refractivity contribution in [2.24, 2.45) is 0 Å². The van der Waals surface area contributed by atoms with Crippen LogP contribution in [0.15, 0.2) is 206 Å². The quantitative estimate of drug-likeness (QED) is 0.129. The molecule has 0 spiro atoms. The van der Waals surface area contributed by atoms with E-state index in [1.54, 1.807) is 5.57 Å². The maximum Gasteiger partial charge on any atom is 0.0900 e. The molecule has 63 heavy (non-hydrogen) atoms. The second kappa shape index (κ2) is 17.6. The zero-order valence-electron chi connectivity index (χ0n) is 36.0. The lowest BCUT2D eigenvalue weighted by Gasteiger charge is -2.41. The lowest BCUT2D eigenvalue weighted by molar-refractivity contribution is 0.332. The van der Waals surface area contributed by atoms with Gasteiger partial charge in [-0.1, -0.05) is 171 Å². The van der Waals surface area contributed by atoms with Crippen LogP contribution in [0.2, 0.25) is 0 Å². The van der Waals surface area contributed by atoms with Crippen LogP contribution in [0.3, 0.4) is 0 Å². The van der Waals surface area contributed by atoms with Gasteiger partial charge in [0, 0.05) is 22.4 Å². The van der Waals surface area contributed by atoms with Gasteiger partial charge in [0.05, 0.1) is 28.1 Å². The standard InChI is InChI=1S/C60H51N3/c1-3-4-8-17-42(2)58-40-51(45-18-9-5-10-19-45)53-38-47(27-33-55(53)62-58)43-23-29-49(30-24-43)60(35-14-7-15-36-60)50-31-25-44(26-32-50)48-28-34-56-54(39-48)52(46-20-11-6-12-21-46)41-59(63-56)57-22-13-16-37-61-57/h3-6,8-13,16-23,25-29,31-34,37-41H,2,7,14-15,24,30,35-36H2,1H3/b4-3-,17-8-. The molecule has 2 aliphatic carbocycles. The van der Waals surface area contributed by atoms with Gasteiger partial charge in [0.15, 0.2) is 0 Å². The van der Waals surface area contributed by atoms with Gasteiger partial charge in [0.2, 0.25) is 0 Å². The third-order valence-corrected chi connectivity index (χ3v) is 13.3. The first-order valence-electron chi connectivity index (χ1n) is 22.5. The van der Waals surface area contributed by atoms with E-state index < -0.39 is 0 Å². The fourth-order valence-corrected chi connectivity index (χ4v) is 9.93. The maximum absolute atomic E-state index is 5.10. The molecule has 0 amide bonds. The SMILES string of the molecule is C=C(/C=C\C=C/C)c1cc(-c2ccccc2)c2cc(C3=CC=C(C4(c5ccc(-c6ccc7nc(-c8ccccn8)cc(-c8ccccc8)c7c6)cc5)CCCCC4)CC3)ccc2n1. The van der Waals surface area contributed by atoms with E-state index in [1.807, 2.05) is 55.6 Å². The molecule has 10 rings (SSSR count). The molecule has 3 heterocycles. The molecule has 0 unspecified atom stereocenters. The van der Waals surface area contributed by atoms with Crippen molar-refractivity contribution in [3.8, 4) is 44.8 Å². The van der Waals surface area contributed by atoms with Crippen molar-refractivity contribution in [3.63, 3.8) is 0 Å². The third-order valence-electron chi connectivity index (χ3n) is 13.3. The zero-order valence-corrected chi connectivity index (χ0v) is 36.0. The van der Waals surface area contributed by atoms with Gasteiger partial charge in [-0.15, -0.1) is 0 Å². The number of nitrogens with zero attached hydrogens (tertiary/aromatic N) is 3. The Morgan fingerprint density at radius 1 is 0.556 bits per heavy atom. The van der Waals surface area contributed by atoms with Gasteiger partial charge in [-0.2, -0.15) is 0 Å². The van der Waals surface area contributed by atoms with Gasteiger partial charge in [-0.05, 0) is 137 Å². The first kappa shape index (κ1) is 39.9. The molecule has 0 aliphatic heterocycles. The molecule has 5 aromatic carbocycles. The van der Waals surface area contributed by atoms with Crippen molar-refractivity contribution in [1.29, 1.82) is 0 Å². The molecule has 2 aliphatic rings. The molecule has 0 N–H and O–H groups in total. The maximum atomic E-state index is 5.10. The minimum Gasteiger partial charge on any atom is -0.255 e. The number of pyridine rings is 3. The Hall–Kier alpha value is -7.23. The number of allylic oxidation sites excluding steroid dienone is 9. The summed E-state index contributed by atoms with van der Waals surface area (Å²) in [5.41, 5.74) is 18.4. The van der Waals surface area contributed by atoms with Crippen LogP contribution in [0.25, 0.3) is 77.7 Å². The van der Waals surface area contributed by atoms with Crippen LogP contribution in [0.5, 0.6) is 0 Å². The number of aromatic nitrogens is 3. The minimum absolute atomic E-state index is 0.0580. The van der Waals surface area contributed by atoms with Gasteiger partial charge in [-0.3, -0.25) is 4.98 Å². The monoisotopic (exact) mass is 813 g/mol. The van der Waals surface area contributed by atoms with E-state index in [1.165, 1.54) is 87.6 Å². The number of fused-ring (bicyclic) bond motifs is 2. The van der Waals surface area contributed by atoms with Crippen LogP contribution in [-0.2, 0) is 5.41 Å². The topological polar surface area (TPSA) is 38.7 Å². The molecule has 3 nitrogen and oxygen atoms in total. The summed E-state index contributed by atoms with van der Waals surface area (Å²) in [5, 5.41) is 2.31. The van der Waals surface area contributed by atoms with Crippen LogP contribution >= 0.6 is 0 Å². The summed E-state index contributed by atoms with van der Waals surface area (Å²) in [6, 6.07) is 54.8. The average molecular weight is 814 g/mol. The van der Waals surface area contributed by atoms with Crippen LogP contribution in [0.4, 0.5) is 0 Å². The second-order valence-corrected chi connectivity index (χ2v) is 17.0. The van der Waals surface area contributed by atoms with Gasteiger partial charge < -0.3 is 0 Å². The van der Waals surface area contributed by atoms with Crippen molar-refractivity contribution in [3.05, 3.63) is 223 Å². The van der Waals surface area contributed by atoms with E-state index in [-0.39, 0.29) is 5.41 Å². The fourth-order valence-electron chi connectivity index (χ4n) is 9.93. The van der Waals surface area contributed by atoms with Crippen molar-refractivity contribution < 1.29 is 0 Å². The molecule has 0 atom stereocenters. The summed E-state index contributed by atoms with van der Waals surface area (Å²) in [5.74, 6) is 0. The Morgan fingerprint density at radius 3 is 1.87 bits per heavy atom. The predicted molar refractivity (Wildman–Crippen MR) is 266 cm³/mol. The van der Waals surface area contributed by atoms with Crippen LogP contribution in [0.1, 0.15) is 68.7 Å². The lowest BCUT2D eigenvalue weighted by Crippen LogP contribution is -2.32. The number of hydrogen-bond acceptors (Lipinski definition) is 3. The zero-order chi connectivity index (χ0) is 42.6. The number of benzene rings is 5. The summed E-state index contributed by atoms with van der Waals surface area (Å²) in [6.07, 6.45) is 23.1. The van der Waals surface area contributed by atoms with Crippen LogP contribution in [0, 0.1) is 0 Å². The highest BCUT2D eigenvalue weighted by Crippen LogP contribution is 2.49. The fraction of sp³-hybridized carbons (Fsp3) is 0.150. The van der Waals surface area contributed by atoms with Crippen LogP contribution in [-0.4, -0.2) is 15.0 Å². The van der Waals surface area contributed by atoms with E-state index in [4.69, 9.17) is 9.97 Å². The van der Waals surface area contributed by atoms with Crippen molar-refractivity contribution in [2.45, 2.75) is 57.3 Å². The molecule has 8 aromatic rings. The summed E-state index contributed by atoms with van der Waals surface area (Å²) in [6.45, 7) is 6.37. The smallest absolute Gasteiger partial charge is 0.0900 e. The first-order valence-corrected chi connectivity index (χ1v) is 22.5. The van der Waals surface area contributed by atoms with Crippen LogP contribution < -0.4 is 0 Å². The Kier molecular flexibility index (Phi) is 11.2. The number of rotatable bonds is 10.